The van der Waals surface area contributed by atoms with Crippen LogP contribution in [0.2, 0.25) is 0 Å². The first-order valence-electron chi connectivity index (χ1n) is 8.63. The number of fused-ring (bicyclic) bond motifs is 1. The van der Waals surface area contributed by atoms with Crippen LogP contribution in [0.15, 0.2) is 65.6 Å². The highest BCUT2D eigenvalue weighted by Crippen LogP contribution is 2.31. The van der Waals surface area contributed by atoms with Gasteiger partial charge in [0, 0.05) is 30.5 Å². The lowest BCUT2D eigenvalue weighted by Crippen LogP contribution is -2.14. The van der Waals surface area contributed by atoms with Gasteiger partial charge in [0.2, 0.25) is 0 Å². The first-order chi connectivity index (χ1) is 14.0. The van der Waals surface area contributed by atoms with E-state index in [1.54, 1.807) is 30.5 Å². The predicted molar refractivity (Wildman–Crippen MR) is 112 cm³/mol. The van der Waals surface area contributed by atoms with Crippen LogP contribution >= 0.6 is 0 Å². The minimum absolute atomic E-state index is 0.146. The SMILES string of the molecule is N#CCCN/C=C(\C=N)Nc1c(N)cnc2c1ccn2S(=O)(=O)c1ccccc1. The number of nitrogens with one attached hydrogen (secondary N) is 3. The van der Waals surface area contributed by atoms with Crippen LogP contribution in [-0.2, 0) is 10.0 Å². The molecule has 0 atom stereocenters. The molecule has 2 aromatic heterocycles. The molecule has 0 aliphatic rings. The molecule has 0 fully saturated rings. The van der Waals surface area contributed by atoms with Crippen molar-refractivity contribution in [3.63, 3.8) is 0 Å². The zero-order valence-electron chi connectivity index (χ0n) is 15.3. The number of benzene rings is 1. The van der Waals surface area contributed by atoms with Gasteiger partial charge in [0.15, 0.2) is 5.65 Å². The van der Waals surface area contributed by atoms with Crippen LogP contribution in [0.4, 0.5) is 11.4 Å². The number of nitrogens with zero attached hydrogens (tertiary/aromatic N) is 3. The Bertz CT molecular complexity index is 1210. The molecule has 2 heterocycles. The molecule has 0 spiro atoms. The molecule has 1 aromatic carbocycles. The Labute approximate surface area is 168 Å². The molecule has 9 nitrogen and oxygen atoms in total. The lowest BCUT2D eigenvalue weighted by atomic mass is 10.2. The molecule has 0 aliphatic carbocycles. The maximum atomic E-state index is 13.0. The van der Waals surface area contributed by atoms with Crippen molar-refractivity contribution in [2.75, 3.05) is 17.6 Å². The topological polar surface area (TPSA) is 150 Å². The first kappa shape index (κ1) is 19.9. The molecule has 0 saturated carbocycles. The van der Waals surface area contributed by atoms with E-state index >= 15 is 0 Å². The zero-order chi connectivity index (χ0) is 20.9. The van der Waals surface area contributed by atoms with Gasteiger partial charge in [0.25, 0.3) is 10.0 Å². The van der Waals surface area contributed by atoms with Crippen molar-refractivity contribution in [3.8, 4) is 6.07 Å². The Hall–Kier alpha value is -3.84. The third-order valence-electron chi connectivity index (χ3n) is 4.07. The van der Waals surface area contributed by atoms with Gasteiger partial charge in [0.1, 0.15) is 0 Å². The highest BCUT2D eigenvalue weighted by Gasteiger charge is 2.21. The second-order valence-electron chi connectivity index (χ2n) is 5.99. The Morgan fingerprint density at radius 1 is 1.31 bits per heavy atom. The van der Waals surface area contributed by atoms with Gasteiger partial charge in [0.05, 0.1) is 40.7 Å². The van der Waals surface area contributed by atoms with E-state index in [0.29, 0.717) is 35.4 Å². The van der Waals surface area contributed by atoms with Gasteiger partial charge < -0.3 is 21.8 Å². The van der Waals surface area contributed by atoms with Gasteiger partial charge in [-0.3, -0.25) is 0 Å². The standard InChI is InChI=1S/C19H19N7O2S/c20-8-4-9-23-12-14(11-21)25-18-16-7-10-26(19(16)24-13-17(18)22)29(27,28)15-5-2-1-3-6-15/h1-3,5-7,10-13,21,23H,4,9,22H2,(H,24,25)/b14-12+,21-11?. The monoisotopic (exact) mass is 409 g/mol. The maximum Gasteiger partial charge on any atom is 0.269 e. The number of anilines is 2. The normalized spacial score (nSPS) is 11.8. The highest BCUT2D eigenvalue weighted by molar-refractivity contribution is 7.90. The predicted octanol–water partition coefficient (Wildman–Crippen LogP) is 2.26. The summed E-state index contributed by atoms with van der Waals surface area (Å²) in [6.07, 6.45) is 5.75. The van der Waals surface area contributed by atoms with E-state index in [4.69, 9.17) is 16.4 Å². The fraction of sp³-hybridized carbons (Fsp3) is 0.105. The molecular weight excluding hydrogens is 390 g/mol. The number of aromatic nitrogens is 2. The number of nitriles is 1. The molecule has 5 N–H and O–H groups in total. The molecule has 0 aliphatic heterocycles. The Kier molecular flexibility index (Phi) is 5.80. The minimum atomic E-state index is -3.82. The van der Waals surface area contributed by atoms with Crippen LogP contribution in [0.25, 0.3) is 11.0 Å². The summed E-state index contributed by atoms with van der Waals surface area (Å²) < 4.78 is 27.0. The van der Waals surface area contributed by atoms with Crippen molar-refractivity contribution in [1.29, 1.82) is 10.7 Å². The molecule has 0 bridgehead atoms. The molecule has 0 unspecified atom stereocenters. The number of hydrogen-bond acceptors (Lipinski definition) is 8. The fourth-order valence-electron chi connectivity index (χ4n) is 2.69. The van der Waals surface area contributed by atoms with Crippen molar-refractivity contribution in [2.24, 2.45) is 0 Å². The van der Waals surface area contributed by atoms with Crippen molar-refractivity contribution in [1.82, 2.24) is 14.3 Å². The maximum absolute atomic E-state index is 13.0. The van der Waals surface area contributed by atoms with E-state index in [-0.39, 0.29) is 10.5 Å². The number of nitrogen functional groups attached to an aromatic ring is 1. The average Bonchev–Trinajstić information content (AvgIpc) is 3.17. The molecule has 10 heteroatoms. The summed E-state index contributed by atoms with van der Waals surface area (Å²) in [5.41, 5.74) is 7.39. The summed E-state index contributed by atoms with van der Waals surface area (Å²) in [6, 6.07) is 11.7. The van der Waals surface area contributed by atoms with Crippen LogP contribution in [0.5, 0.6) is 0 Å². The molecule has 3 aromatic rings. The number of rotatable bonds is 8. The van der Waals surface area contributed by atoms with E-state index < -0.39 is 10.0 Å². The molecule has 148 valence electrons. The Morgan fingerprint density at radius 3 is 2.76 bits per heavy atom. The second kappa shape index (κ2) is 8.45. The number of nitrogens with two attached hydrogens (primary N) is 1. The largest absolute Gasteiger partial charge is 0.396 e. The van der Waals surface area contributed by atoms with Gasteiger partial charge >= 0.3 is 0 Å². The smallest absolute Gasteiger partial charge is 0.269 e. The number of hydrogen-bond donors (Lipinski definition) is 4. The molecule has 29 heavy (non-hydrogen) atoms. The Balaban J connectivity index is 2.02. The van der Waals surface area contributed by atoms with Crippen LogP contribution in [0.1, 0.15) is 6.42 Å². The van der Waals surface area contributed by atoms with Gasteiger partial charge in [-0.15, -0.1) is 0 Å². The summed E-state index contributed by atoms with van der Waals surface area (Å²) in [5.74, 6) is 0. The number of pyridine rings is 1. The third kappa shape index (κ3) is 4.04. The Morgan fingerprint density at radius 2 is 2.07 bits per heavy atom. The van der Waals surface area contributed by atoms with E-state index in [1.807, 2.05) is 6.07 Å². The van der Waals surface area contributed by atoms with Crippen molar-refractivity contribution >= 4 is 38.6 Å². The zero-order valence-corrected chi connectivity index (χ0v) is 16.1. The summed E-state index contributed by atoms with van der Waals surface area (Å²) in [5, 5.41) is 22.6. The highest BCUT2D eigenvalue weighted by atomic mass is 32.2. The third-order valence-corrected chi connectivity index (χ3v) is 5.75. The summed E-state index contributed by atoms with van der Waals surface area (Å²) >= 11 is 0. The summed E-state index contributed by atoms with van der Waals surface area (Å²) in [7, 11) is -3.82. The molecule has 0 amide bonds. The average molecular weight is 409 g/mol. The second-order valence-corrected chi connectivity index (χ2v) is 7.80. The quantitative estimate of drug-likeness (QED) is 0.329. The van der Waals surface area contributed by atoms with E-state index in [2.05, 4.69) is 15.6 Å². The molecular formula is C19H19N7O2S. The first-order valence-corrected chi connectivity index (χ1v) is 10.1. The lowest BCUT2D eigenvalue weighted by molar-refractivity contribution is 0.589. The van der Waals surface area contributed by atoms with Gasteiger partial charge in [-0.25, -0.2) is 17.4 Å². The van der Waals surface area contributed by atoms with Gasteiger partial charge in [-0.1, -0.05) is 18.2 Å². The lowest BCUT2D eigenvalue weighted by Gasteiger charge is -2.12. The van der Waals surface area contributed by atoms with Crippen LogP contribution in [0.3, 0.4) is 0 Å². The van der Waals surface area contributed by atoms with E-state index in [1.165, 1.54) is 24.5 Å². The molecule has 3 rings (SSSR count). The van der Waals surface area contributed by atoms with Crippen molar-refractivity contribution in [2.45, 2.75) is 11.3 Å². The van der Waals surface area contributed by atoms with Crippen LogP contribution in [-0.4, -0.2) is 30.1 Å². The summed E-state index contributed by atoms with van der Waals surface area (Å²) in [6.45, 7) is 0.433. The molecule has 0 radical (unpaired) electrons. The number of allylic oxidation sites excluding steroid dienone is 1. The van der Waals surface area contributed by atoms with Crippen LogP contribution in [0, 0.1) is 16.7 Å². The van der Waals surface area contributed by atoms with Crippen molar-refractivity contribution < 1.29 is 8.42 Å². The molecule has 0 saturated heterocycles. The van der Waals surface area contributed by atoms with Crippen LogP contribution < -0.4 is 16.4 Å². The van der Waals surface area contributed by atoms with Crippen molar-refractivity contribution in [3.05, 3.63) is 60.7 Å². The van der Waals surface area contributed by atoms with Gasteiger partial charge in [-0.05, 0) is 18.2 Å². The van der Waals surface area contributed by atoms with Gasteiger partial charge in [-0.2, -0.15) is 5.26 Å². The summed E-state index contributed by atoms with van der Waals surface area (Å²) in [4.78, 5) is 4.35. The van der Waals surface area contributed by atoms with E-state index in [9.17, 15) is 8.42 Å². The van der Waals surface area contributed by atoms with E-state index in [0.717, 1.165) is 10.2 Å². The fourth-order valence-corrected chi connectivity index (χ4v) is 4.01. The minimum Gasteiger partial charge on any atom is -0.396 e.